The maximum absolute atomic E-state index is 14.5. The molecule has 11 heteroatoms. The van der Waals surface area contributed by atoms with E-state index >= 15 is 0 Å². The summed E-state index contributed by atoms with van der Waals surface area (Å²) in [6, 6.07) is 3.57. The number of aromatic nitrogens is 2. The van der Waals surface area contributed by atoms with Gasteiger partial charge in [-0.1, -0.05) is 27.7 Å². The highest BCUT2D eigenvalue weighted by Gasteiger charge is 2.30. The second kappa shape index (κ2) is 17.7. The van der Waals surface area contributed by atoms with E-state index in [1.54, 1.807) is 17.7 Å². The molecule has 3 heterocycles. The molecule has 1 aromatic carbocycles. The van der Waals surface area contributed by atoms with Crippen LogP contribution >= 0.6 is 0 Å². The number of benzene rings is 1. The van der Waals surface area contributed by atoms with E-state index in [1.165, 1.54) is 19.5 Å². The maximum Gasteiger partial charge on any atom is 0.257 e. The average molecular weight is 620 g/mol. The topological polar surface area (TPSA) is 124 Å². The Morgan fingerprint density at radius 1 is 1.07 bits per heavy atom. The number of nitrogens with one attached hydrogen (secondary N) is 1. The van der Waals surface area contributed by atoms with Gasteiger partial charge >= 0.3 is 0 Å². The number of halogens is 1. The number of rotatable bonds is 6. The van der Waals surface area contributed by atoms with Crippen LogP contribution in [0.4, 0.5) is 4.39 Å². The predicted octanol–water partition coefficient (Wildman–Crippen LogP) is 5.20. The summed E-state index contributed by atoms with van der Waals surface area (Å²) < 4.78 is 44.5. The van der Waals surface area contributed by atoms with Gasteiger partial charge in [-0.05, 0) is 75.4 Å². The van der Waals surface area contributed by atoms with Gasteiger partial charge in [0, 0.05) is 36.1 Å². The van der Waals surface area contributed by atoms with E-state index < -0.39 is 10.0 Å². The van der Waals surface area contributed by atoms with E-state index in [9.17, 15) is 22.4 Å². The van der Waals surface area contributed by atoms with Gasteiger partial charge in [0.25, 0.3) is 5.56 Å². The second-order valence-electron chi connectivity index (χ2n) is 9.36. The number of hydrogen-bond acceptors (Lipinski definition) is 7. The fourth-order valence-electron chi connectivity index (χ4n) is 5.05. The monoisotopic (exact) mass is 619 g/mol. The third kappa shape index (κ3) is 8.64. The van der Waals surface area contributed by atoms with Crippen LogP contribution in [0.3, 0.4) is 0 Å². The summed E-state index contributed by atoms with van der Waals surface area (Å²) in [7, 11) is -0.244. The zero-order chi connectivity index (χ0) is 32.9. The fourth-order valence-corrected chi connectivity index (χ4v) is 5.66. The number of aryl methyl sites for hydroxylation is 3. The van der Waals surface area contributed by atoms with E-state index in [4.69, 9.17) is 14.5 Å². The van der Waals surface area contributed by atoms with Crippen molar-refractivity contribution in [2.45, 2.75) is 87.3 Å². The number of nitrogens with zero attached hydrogens (tertiary/aromatic N) is 2. The lowest BCUT2D eigenvalue weighted by Gasteiger charge is -2.21. The summed E-state index contributed by atoms with van der Waals surface area (Å²) in [6.07, 6.45) is 4.23. The van der Waals surface area contributed by atoms with Crippen molar-refractivity contribution in [3.8, 4) is 11.4 Å². The zero-order valence-electron chi connectivity index (χ0n) is 26.9. The fraction of sp³-hybridized carbons (Fsp3) is 0.500. The van der Waals surface area contributed by atoms with Gasteiger partial charge in [-0.15, -0.1) is 0 Å². The number of fused-ring (bicyclic) bond motifs is 4. The molecule has 1 N–H and O–H groups in total. The van der Waals surface area contributed by atoms with Crippen molar-refractivity contribution in [2.75, 3.05) is 19.9 Å². The lowest BCUT2D eigenvalue weighted by molar-refractivity contribution is -0.107. The number of methoxy groups -OCH3 is 1. The minimum Gasteiger partial charge on any atom is -0.380 e. The lowest BCUT2D eigenvalue weighted by Crippen LogP contribution is -2.24. The molecule has 0 amide bonds. The molecular formula is C32H46FN3O6S. The Bertz CT molecular complexity index is 1580. The molecule has 5 rings (SSSR count). The van der Waals surface area contributed by atoms with Crippen LogP contribution in [0, 0.1) is 19.7 Å². The Kier molecular flexibility index (Phi) is 15.6. The highest BCUT2D eigenvalue weighted by atomic mass is 32.2. The van der Waals surface area contributed by atoms with Gasteiger partial charge in [-0.3, -0.25) is 4.79 Å². The van der Waals surface area contributed by atoms with Crippen LogP contribution in [0.15, 0.2) is 16.9 Å². The molecule has 0 spiro atoms. The molecule has 43 heavy (non-hydrogen) atoms. The van der Waals surface area contributed by atoms with Gasteiger partial charge in [0.15, 0.2) is 0 Å². The number of hydrogen-bond donors (Lipinski definition) is 1. The number of carbonyl (C=O) groups excluding carboxylic acids is 2. The standard InChI is InChI=1S/C22H21FN2O2.C4H9NO3S.C2H4O.2C2H6/c1-11-7-19-21-15(9-25(19)22(26)16(11)10-27-3)14-6-4-5-13-12(2)17(23)8-18(24-21)20(13)14;1-5-9(7,8)4-2-3-6;1-2-3;2*1-2/h7-8H,4-6,9-10H2,1-3H3;3,5H,2,4H2,1H3;2H,1H3;2*1-2H3. The zero-order valence-corrected chi connectivity index (χ0v) is 27.7. The number of pyridine rings is 2. The molecule has 0 saturated carbocycles. The van der Waals surface area contributed by atoms with Gasteiger partial charge < -0.3 is 18.9 Å². The quantitative estimate of drug-likeness (QED) is 0.294. The Balaban J connectivity index is 0.000000488. The predicted molar refractivity (Wildman–Crippen MR) is 171 cm³/mol. The van der Waals surface area contributed by atoms with Gasteiger partial charge in [0.1, 0.15) is 18.4 Å². The van der Waals surface area contributed by atoms with E-state index in [-0.39, 0.29) is 23.6 Å². The van der Waals surface area contributed by atoms with Crippen LogP contribution in [0.2, 0.25) is 0 Å². The van der Waals surface area contributed by atoms with Crippen molar-refractivity contribution < 1.29 is 27.1 Å². The number of aldehydes is 2. The Morgan fingerprint density at radius 3 is 2.23 bits per heavy atom. The molecule has 238 valence electrons. The van der Waals surface area contributed by atoms with E-state index in [0.29, 0.717) is 30.5 Å². The molecule has 9 nitrogen and oxygen atoms in total. The minimum absolute atomic E-state index is 0.0144. The first kappa shape index (κ1) is 37.7. The number of ether oxygens (including phenoxy) is 1. The molecular weight excluding hydrogens is 573 g/mol. The third-order valence-electron chi connectivity index (χ3n) is 6.96. The molecule has 0 atom stereocenters. The Labute approximate surface area is 254 Å². The molecule has 0 fully saturated rings. The first-order valence-corrected chi connectivity index (χ1v) is 16.3. The molecule has 1 aliphatic heterocycles. The van der Waals surface area contributed by atoms with E-state index in [2.05, 4.69) is 4.72 Å². The van der Waals surface area contributed by atoms with Gasteiger partial charge in [0.2, 0.25) is 10.0 Å². The molecule has 2 aromatic heterocycles. The lowest BCUT2D eigenvalue weighted by atomic mass is 9.85. The van der Waals surface area contributed by atoms with E-state index in [1.807, 2.05) is 47.6 Å². The van der Waals surface area contributed by atoms with Crippen molar-refractivity contribution in [1.82, 2.24) is 14.3 Å². The van der Waals surface area contributed by atoms with Gasteiger partial charge in [-0.25, -0.2) is 22.5 Å². The molecule has 0 saturated heterocycles. The summed E-state index contributed by atoms with van der Waals surface area (Å²) >= 11 is 0. The van der Waals surface area contributed by atoms with Crippen LogP contribution in [0.25, 0.3) is 22.3 Å². The van der Waals surface area contributed by atoms with Crippen molar-refractivity contribution in [3.05, 3.63) is 61.7 Å². The van der Waals surface area contributed by atoms with Crippen LogP contribution in [-0.2, 0) is 50.3 Å². The summed E-state index contributed by atoms with van der Waals surface area (Å²) in [5.41, 5.74) is 8.14. The molecule has 3 aromatic rings. The van der Waals surface area contributed by atoms with Crippen molar-refractivity contribution in [1.29, 1.82) is 0 Å². The maximum atomic E-state index is 14.5. The number of sulfonamides is 1. The Morgan fingerprint density at radius 2 is 1.67 bits per heavy atom. The average Bonchev–Trinajstić information content (AvgIpc) is 3.38. The molecule has 0 radical (unpaired) electrons. The van der Waals surface area contributed by atoms with Gasteiger partial charge in [-0.2, -0.15) is 0 Å². The van der Waals surface area contributed by atoms with Crippen LogP contribution in [0.5, 0.6) is 0 Å². The molecule has 0 bridgehead atoms. The number of carbonyl (C=O) groups is 2. The summed E-state index contributed by atoms with van der Waals surface area (Å²) in [4.78, 5) is 36.3. The van der Waals surface area contributed by atoms with Crippen LogP contribution in [-0.4, -0.2) is 50.5 Å². The highest BCUT2D eigenvalue weighted by Crippen LogP contribution is 2.41. The summed E-state index contributed by atoms with van der Waals surface area (Å²) in [6.45, 7) is 14.1. The first-order valence-electron chi connectivity index (χ1n) is 14.7. The van der Waals surface area contributed by atoms with Crippen molar-refractivity contribution >= 4 is 33.5 Å². The Hall–Kier alpha value is -3.28. The minimum atomic E-state index is -3.16. The third-order valence-corrected chi connectivity index (χ3v) is 8.35. The largest absolute Gasteiger partial charge is 0.380 e. The highest BCUT2D eigenvalue weighted by molar-refractivity contribution is 7.89. The summed E-state index contributed by atoms with van der Waals surface area (Å²) in [5.74, 6) is -0.313. The van der Waals surface area contributed by atoms with Crippen molar-refractivity contribution in [3.63, 3.8) is 0 Å². The molecule has 1 aliphatic carbocycles. The first-order chi connectivity index (χ1) is 20.5. The normalized spacial score (nSPS) is 12.0. The smallest absolute Gasteiger partial charge is 0.257 e. The van der Waals surface area contributed by atoms with Crippen molar-refractivity contribution in [2.24, 2.45) is 0 Å². The second-order valence-corrected chi connectivity index (χ2v) is 11.4. The van der Waals surface area contributed by atoms with Crippen LogP contribution in [0.1, 0.15) is 80.8 Å². The SMILES string of the molecule is CC.CC.CC=O.CNS(=O)(=O)CCC=O.COCc1c(C)cc2n(c1=O)Cc1c-2nc2cc(F)c(C)c3c2c1CCC3. The summed E-state index contributed by atoms with van der Waals surface area (Å²) in [5, 5.41) is 1.11. The van der Waals surface area contributed by atoms with Crippen LogP contribution < -0.4 is 10.3 Å². The van der Waals surface area contributed by atoms with Gasteiger partial charge in [0.05, 0.1) is 35.8 Å². The molecule has 2 aliphatic rings. The van der Waals surface area contributed by atoms with E-state index in [0.717, 1.165) is 64.6 Å². The molecule has 0 unspecified atom stereocenters.